The Morgan fingerprint density at radius 3 is 3.05 bits per heavy atom. The molecule has 0 bridgehead atoms. The molecule has 0 radical (unpaired) electrons. The molecule has 8 heteroatoms. The molecular weight excluding hydrogens is 333 g/mol. The van der Waals surface area contributed by atoms with Crippen molar-refractivity contribution in [3.8, 4) is 0 Å². The highest BCUT2D eigenvalue weighted by Gasteiger charge is 2.06. The quantitative estimate of drug-likeness (QED) is 0.504. The Morgan fingerprint density at radius 1 is 1.52 bits per heavy atom. The van der Waals surface area contributed by atoms with Gasteiger partial charge in [0.05, 0.1) is 5.02 Å². The van der Waals surface area contributed by atoms with E-state index < -0.39 is 5.82 Å². The van der Waals surface area contributed by atoms with E-state index in [4.69, 9.17) is 11.6 Å². The molecule has 2 aromatic rings. The van der Waals surface area contributed by atoms with Crippen LogP contribution in [0.25, 0.3) is 6.08 Å². The van der Waals surface area contributed by atoms with Crippen molar-refractivity contribution in [1.82, 2.24) is 10.2 Å². The number of carbonyl (C=O) groups excluding carboxylic acids is 1. The average Bonchev–Trinajstić information content (AvgIpc) is 2.88. The molecule has 0 saturated heterocycles. The fourth-order valence-corrected chi connectivity index (χ4v) is 3.22. The van der Waals surface area contributed by atoms with Crippen molar-refractivity contribution in [3.63, 3.8) is 0 Å². The van der Waals surface area contributed by atoms with Crippen molar-refractivity contribution in [2.24, 2.45) is 0 Å². The maximum Gasteiger partial charge on any atom is 0.250 e. The number of anilines is 1. The summed E-state index contributed by atoms with van der Waals surface area (Å²) in [6.07, 6.45) is 2.88. The Kier molecular flexibility index (Phi) is 5.72. The summed E-state index contributed by atoms with van der Waals surface area (Å²) in [5.41, 5.74) is 0.635. The first-order valence-electron chi connectivity index (χ1n) is 5.99. The Morgan fingerprint density at radius 2 is 2.33 bits per heavy atom. The molecule has 21 heavy (non-hydrogen) atoms. The SMILES string of the molecule is CCSc1nnc(NC(=O)/C=C/c2ccc(F)c(Cl)c2)s1. The average molecular weight is 344 g/mol. The number of carbonyl (C=O) groups is 1. The molecule has 1 amide bonds. The molecule has 4 nitrogen and oxygen atoms in total. The van der Waals surface area contributed by atoms with Crippen LogP contribution < -0.4 is 5.32 Å². The first-order valence-corrected chi connectivity index (χ1v) is 8.17. The first-order chi connectivity index (χ1) is 10.1. The second-order valence-electron chi connectivity index (χ2n) is 3.80. The third kappa shape index (κ3) is 4.80. The molecule has 110 valence electrons. The largest absolute Gasteiger partial charge is 0.297 e. The lowest BCUT2D eigenvalue weighted by Crippen LogP contribution is -2.07. The second kappa shape index (κ2) is 7.53. The third-order valence-corrected chi connectivity index (χ3v) is 4.42. The number of nitrogens with zero attached hydrogens (tertiary/aromatic N) is 2. The zero-order valence-electron chi connectivity index (χ0n) is 11.0. The molecule has 2 rings (SSSR count). The number of thioether (sulfide) groups is 1. The summed E-state index contributed by atoms with van der Waals surface area (Å²) < 4.78 is 13.8. The highest BCUT2D eigenvalue weighted by molar-refractivity contribution is 8.01. The van der Waals surface area contributed by atoms with Crippen LogP contribution in [0.5, 0.6) is 0 Å². The number of amides is 1. The Bertz CT molecular complexity index is 675. The van der Waals surface area contributed by atoms with Crippen LogP contribution in [-0.2, 0) is 4.79 Å². The predicted molar refractivity (Wildman–Crippen MR) is 85.4 cm³/mol. The summed E-state index contributed by atoms with van der Waals surface area (Å²) in [4.78, 5) is 11.7. The van der Waals surface area contributed by atoms with Crippen LogP contribution in [0, 0.1) is 5.82 Å². The van der Waals surface area contributed by atoms with E-state index in [0.29, 0.717) is 10.7 Å². The van der Waals surface area contributed by atoms with Gasteiger partial charge in [-0.05, 0) is 29.5 Å². The van der Waals surface area contributed by atoms with Crippen LogP contribution in [-0.4, -0.2) is 21.9 Å². The number of nitrogens with one attached hydrogen (secondary N) is 1. The number of hydrogen-bond donors (Lipinski definition) is 1. The number of halogens is 2. The van der Waals surface area contributed by atoms with Gasteiger partial charge in [-0.15, -0.1) is 10.2 Å². The van der Waals surface area contributed by atoms with Crippen molar-refractivity contribution in [3.05, 3.63) is 40.7 Å². The molecule has 0 atom stereocenters. The van der Waals surface area contributed by atoms with Crippen molar-refractivity contribution < 1.29 is 9.18 Å². The van der Waals surface area contributed by atoms with E-state index in [1.54, 1.807) is 17.8 Å². The van der Waals surface area contributed by atoms with Crippen LogP contribution in [0.2, 0.25) is 5.02 Å². The minimum atomic E-state index is -0.493. The molecule has 1 aromatic carbocycles. The Labute approximate surface area is 134 Å². The smallest absolute Gasteiger partial charge is 0.250 e. The predicted octanol–water partition coefficient (Wildman–Crippen LogP) is 4.09. The molecule has 0 spiro atoms. The summed E-state index contributed by atoms with van der Waals surface area (Å²) in [6, 6.07) is 4.23. The van der Waals surface area contributed by atoms with Gasteiger partial charge < -0.3 is 0 Å². The lowest BCUT2D eigenvalue weighted by Gasteiger charge is -1.97. The van der Waals surface area contributed by atoms with Gasteiger partial charge in [0, 0.05) is 6.08 Å². The fourth-order valence-electron chi connectivity index (χ4n) is 1.38. The van der Waals surface area contributed by atoms with Gasteiger partial charge >= 0.3 is 0 Å². The lowest BCUT2D eigenvalue weighted by molar-refractivity contribution is -0.111. The summed E-state index contributed by atoms with van der Waals surface area (Å²) in [6.45, 7) is 2.01. The summed E-state index contributed by atoms with van der Waals surface area (Å²) in [5, 5.41) is 10.9. The van der Waals surface area contributed by atoms with E-state index in [9.17, 15) is 9.18 Å². The second-order valence-corrected chi connectivity index (χ2v) is 6.70. The normalized spacial score (nSPS) is 11.0. The van der Waals surface area contributed by atoms with Crippen LogP contribution in [0.4, 0.5) is 9.52 Å². The zero-order valence-corrected chi connectivity index (χ0v) is 13.4. The van der Waals surface area contributed by atoms with E-state index in [-0.39, 0.29) is 10.9 Å². The maximum absolute atomic E-state index is 13.0. The van der Waals surface area contributed by atoms with Crippen molar-refractivity contribution >= 4 is 51.8 Å². The van der Waals surface area contributed by atoms with E-state index in [1.807, 2.05) is 6.92 Å². The lowest BCUT2D eigenvalue weighted by atomic mass is 10.2. The molecule has 0 aliphatic heterocycles. The van der Waals surface area contributed by atoms with Crippen LogP contribution in [0.3, 0.4) is 0 Å². The van der Waals surface area contributed by atoms with Gasteiger partial charge in [0.1, 0.15) is 5.82 Å². The molecule has 0 unspecified atom stereocenters. The Hall–Kier alpha value is -1.44. The Balaban J connectivity index is 1.96. The van der Waals surface area contributed by atoms with Crippen LogP contribution in [0.1, 0.15) is 12.5 Å². The van der Waals surface area contributed by atoms with E-state index in [0.717, 1.165) is 10.1 Å². The van der Waals surface area contributed by atoms with E-state index >= 15 is 0 Å². The van der Waals surface area contributed by atoms with Crippen LogP contribution >= 0.6 is 34.7 Å². The highest BCUT2D eigenvalue weighted by atomic mass is 35.5. The van der Waals surface area contributed by atoms with Gasteiger partial charge in [-0.3, -0.25) is 10.1 Å². The number of hydrogen-bond acceptors (Lipinski definition) is 5. The van der Waals surface area contributed by atoms with Gasteiger partial charge in [-0.1, -0.05) is 47.7 Å². The number of benzene rings is 1. The third-order valence-electron chi connectivity index (χ3n) is 2.28. The molecule has 1 N–H and O–H groups in total. The van der Waals surface area contributed by atoms with Gasteiger partial charge in [-0.25, -0.2) is 4.39 Å². The van der Waals surface area contributed by atoms with Crippen molar-refractivity contribution in [2.75, 3.05) is 11.1 Å². The van der Waals surface area contributed by atoms with Gasteiger partial charge in [0.25, 0.3) is 0 Å². The molecule has 0 aliphatic carbocycles. The molecule has 1 aromatic heterocycles. The summed E-state index contributed by atoms with van der Waals surface area (Å²) >= 11 is 8.54. The molecular formula is C13H11ClFN3OS2. The molecule has 0 saturated carbocycles. The topological polar surface area (TPSA) is 54.9 Å². The van der Waals surface area contributed by atoms with Gasteiger partial charge in [-0.2, -0.15) is 0 Å². The monoisotopic (exact) mass is 343 g/mol. The summed E-state index contributed by atoms with van der Waals surface area (Å²) in [7, 11) is 0. The van der Waals surface area contributed by atoms with E-state index in [1.165, 1.54) is 35.6 Å². The first kappa shape index (κ1) is 15.9. The van der Waals surface area contributed by atoms with Gasteiger partial charge in [0.15, 0.2) is 4.34 Å². The van der Waals surface area contributed by atoms with Crippen LogP contribution in [0.15, 0.2) is 28.6 Å². The fraction of sp³-hybridized carbons (Fsp3) is 0.154. The highest BCUT2D eigenvalue weighted by Crippen LogP contribution is 2.25. The molecule has 0 fully saturated rings. The van der Waals surface area contributed by atoms with Crippen molar-refractivity contribution in [1.29, 1.82) is 0 Å². The summed E-state index contributed by atoms with van der Waals surface area (Å²) in [5.74, 6) is 0.0705. The van der Waals surface area contributed by atoms with Crippen molar-refractivity contribution in [2.45, 2.75) is 11.3 Å². The molecule has 1 heterocycles. The van der Waals surface area contributed by atoms with E-state index in [2.05, 4.69) is 15.5 Å². The maximum atomic E-state index is 13.0. The number of rotatable bonds is 5. The minimum Gasteiger partial charge on any atom is -0.297 e. The molecule has 0 aliphatic rings. The minimum absolute atomic E-state index is 0.0166. The number of aromatic nitrogens is 2. The van der Waals surface area contributed by atoms with Gasteiger partial charge in [0.2, 0.25) is 11.0 Å². The standard InChI is InChI=1S/C13H11ClFN3OS2/c1-2-20-13-18-17-12(21-13)16-11(19)6-4-8-3-5-10(15)9(14)7-8/h3-7H,2H2,1H3,(H,16,17,19)/b6-4+. The zero-order chi connectivity index (χ0) is 15.2.